The van der Waals surface area contributed by atoms with Crippen LogP contribution in [0, 0.1) is 5.92 Å². The van der Waals surface area contributed by atoms with Gasteiger partial charge in [-0.25, -0.2) is 8.42 Å². The molecule has 1 saturated heterocycles. The molecular weight excluding hydrogens is 466 g/mol. The second kappa shape index (κ2) is 11.3. The van der Waals surface area contributed by atoms with Gasteiger partial charge in [0, 0.05) is 26.2 Å². The van der Waals surface area contributed by atoms with Crippen LogP contribution >= 0.6 is 11.3 Å². The van der Waals surface area contributed by atoms with Crippen LogP contribution in [0.15, 0.2) is 23.2 Å². The van der Waals surface area contributed by atoms with Gasteiger partial charge in [0.15, 0.2) is 14.6 Å². The summed E-state index contributed by atoms with van der Waals surface area (Å²) in [5.41, 5.74) is 0.851. The van der Waals surface area contributed by atoms with Crippen molar-refractivity contribution in [2.45, 2.75) is 33.2 Å². The van der Waals surface area contributed by atoms with Crippen LogP contribution in [0.5, 0.6) is 5.75 Å². The summed E-state index contributed by atoms with van der Waals surface area (Å²) in [6.07, 6.45) is 1.72. The van der Waals surface area contributed by atoms with E-state index in [2.05, 4.69) is 11.9 Å². The lowest BCUT2D eigenvalue weighted by Crippen LogP contribution is -2.41. The lowest BCUT2D eigenvalue weighted by atomic mass is 9.99. The lowest BCUT2D eigenvalue weighted by Gasteiger charge is -2.30. The van der Waals surface area contributed by atoms with E-state index < -0.39 is 33.2 Å². The molecule has 11 heteroatoms. The number of likely N-dealkylation sites (tertiary alicyclic amines) is 1. The summed E-state index contributed by atoms with van der Waals surface area (Å²) in [5.74, 6) is -1.51. The van der Waals surface area contributed by atoms with Crippen molar-refractivity contribution in [1.29, 1.82) is 0 Å². The van der Waals surface area contributed by atoms with Gasteiger partial charge in [0.25, 0.3) is 5.91 Å². The second-order valence-electron chi connectivity index (χ2n) is 8.17. The third-order valence-electron chi connectivity index (χ3n) is 5.60. The van der Waals surface area contributed by atoms with Crippen LogP contribution in [-0.4, -0.2) is 74.6 Å². The van der Waals surface area contributed by atoms with Gasteiger partial charge in [0.05, 0.1) is 23.9 Å². The number of benzene rings is 1. The Hall–Kier alpha value is -2.24. The molecule has 1 fully saturated rings. The number of nitrogens with zero attached hydrogens (tertiary/aromatic N) is 3. The van der Waals surface area contributed by atoms with Crippen LogP contribution in [0.25, 0.3) is 10.2 Å². The van der Waals surface area contributed by atoms with Crippen molar-refractivity contribution >= 4 is 43.2 Å². The number of sulfone groups is 1. The summed E-state index contributed by atoms with van der Waals surface area (Å²) >= 11 is 1.27. The lowest BCUT2D eigenvalue weighted by molar-refractivity contribution is -0.129. The van der Waals surface area contributed by atoms with E-state index in [0.717, 1.165) is 23.1 Å². The molecule has 0 radical (unpaired) electrons. The normalized spacial score (nSPS) is 15.8. The molecule has 0 spiro atoms. The SMILES string of the molecule is CCOCCn1c(=NC(=O)CS(=O)(=O)CC(=O)N2CCC(C)CC2)sc2cc(OC)ccc21. The number of methoxy groups -OCH3 is 1. The quantitative estimate of drug-likeness (QED) is 0.490. The van der Waals surface area contributed by atoms with Crippen molar-refractivity contribution in [3.05, 3.63) is 23.0 Å². The molecule has 2 aromatic rings. The molecule has 1 aromatic carbocycles. The number of piperidine rings is 1. The highest BCUT2D eigenvalue weighted by Crippen LogP contribution is 2.23. The fourth-order valence-corrected chi connectivity index (χ4v) is 5.90. The fourth-order valence-electron chi connectivity index (χ4n) is 3.70. The average Bonchev–Trinajstić information content (AvgIpc) is 3.09. The Bertz CT molecular complexity index is 1160. The average molecular weight is 498 g/mol. The highest BCUT2D eigenvalue weighted by atomic mass is 32.2. The van der Waals surface area contributed by atoms with E-state index in [1.54, 1.807) is 12.0 Å². The Kier molecular flexibility index (Phi) is 8.66. The summed E-state index contributed by atoms with van der Waals surface area (Å²) in [4.78, 5) is 31.0. The monoisotopic (exact) mass is 497 g/mol. The second-order valence-corrected chi connectivity index (χ2v) is 11.2. The van der Waals surface area contributed by atoms with Crippen molar-refractivity contribution in [1.82, 2.24) is 9.47 Å². The number of aromatic nitrogens is 1. The van der Waals surface area contributed by atoms with Gasteiger partial charge in [-0.05, 0) is 43.9 Å². The predicted octanol–water partition coefficient (Wildman–Crippen LogP) is 1.85. The van der Waals surface area contributed by atoms with E-state index in [0.29, 0.717) is 49.3 Å². The van der Waals surface area contributed by atoms with Crippen molar-refractivity contribution in [3.8, 4) is 5.75 Å². The van der Waals surface area contributed by atoms with Gasteiger partial charge in [-0.2, -0.15) is 4.99 Å². The predicted molar refractivity (Wildman–Crippen MR) is 127 cm³/mol. The van der Waals surface area contributed by atoms with Crippen molar-refractivity contribution in [2.75, 3.05) is 44.9 Å². The standard InChI is InChI=1S/C22H31N3O6S2/c1-4-31-12-11-25-18-6-5-17(30-3)13-19(18)32-22(25)23-20(26)14-33(28,29)15-21(27)24-9-7-16(2)8-10-24/h5-6,13,16H,4,7-12,14-15H2,1-3H3. The van der Waals surface area contributed by atoms with Gasteiger partial charge < -0.3 is 18.9 Å². The summed E-state index contributed by atoms with van der Waals surface area (Å²) in [5, 5.41) is 0. The topological polar surface area (TPSA) is 107 Å². The minimum Gasteiger partial charge on any atom is -0.497 e. The number of carbonyl (C=O) groups excluding carboxylic acids is 2. The first-order chi connectivity index (χ1) is 15.7. The van der Waals surface area contributed by atoms with Crippen LogP contribution in [0.4, 0.5) is 0 Å². The molecule has 0 unspecified atom stereocenters. The molecule has 182 valence electrons. The minimum atomic E-state index is -3.92. The number of hydrogen-bond donors (Lipinski definition) is 0. The molecule has 1 aromatic heterocycles. The number of thiazole rings is 1. The van der Waals surface area contributed by atoms with Crippen molar-refractivity contribution < 1.29 is 27.5 Å². The van der Waals surface area contributed by atoms with E-state index in [1.807, 2.05) is 29.7 Å². The summed E-state index contributed by atoms with van der Waals surface area (Å²) in [7, 11) is -2.35. The molecule has 3 rings (SSSR count). The molecule has 2 amide bonds. The van der Waals surface area contributed by atoms with Crippen LogP contribution in [-0.2, 0) is 30.7 Å². The molecule has 0 bridgehead atoms. The zero-order valence-electron chi connectivity index (χ0n) is 19.3. The molecule has 9 nitrogen and oxygen atoms in total. The number of rotatable bonds is 9. The maximum atomic E-state index is 12.6. The molecular formula is C22H31N3O6S2. The first-order valence-electron chi connectivity index (χ1n) is 11.0. The molecule has 2 heterocycles. The van der Waals surface area contributed by atoms with Crippen LogP contribution in [0.1, 0.15) is 26.7 Å². The largest absolute Gasteiger partial charge is 0.497 e. The number of amides is 2. The maximum Gasteiger partial charge on any atom is 0.263 e. The third-order valence-corrected chi connectivity index (χ3v) is 8.01. The summed E-state index contributed by atoms with van der Waals surface area (Å²) in [6, 6.07) is 5.53. The van der Waals surface area contributed by atoms with E-state index >= 15 is 0 Å². The highest BCUT2D eigenvalue weighted by Gasteiger charge is 2.26. The minimum absolute atomic E-state index is 0.384. The smallest absolute Gasteiger partial charge is 0.263 e. The number of hydrogen-bond acceptors (Lipinski definition) is 7. The molecule has 0 aliphatic carbocycles. The van der Waals surface area contributed by atoms with Gasteiger partial charge >= 0.3 is 0 Å². The highest BCUT2D eigenvalue weighted by molar-refractivity contribution is 7.92. The van der Waals surface area contributed by atoms with E-state index in [1.165, 1.54) is 11.3 Å². The van der Waals surface area contributed by atoms with E-state index in [9.17, 15) is 18.0 Å². The molecule has 1 aliphatic heterocycles. The number of fused-ring (bicyclic) bond motifs is 1. The Morgan fingerprint density at radius 2 is 1.94 bits per heavy atom. The van der Waals surface area contributed by atoms with Gasteiger partial charge in [0.1, 0.15) is 17.3 Å². The Morgan fingerprint density at radius 3 is 2.61 bits per heavy atom. The zero-order valence-corrected chi connectivity index (χ0v) is 20.9. The molecule has 0 N–H and O–H groups in total. The maximum absolute atomic E-state index is 12.6. The molecule has 0 saturated carbocycles. The fraction of sp³-hybridized carbons (Fsp3) is 0.591. The zero-order chi connectivity index (χ0) is 24.0. The molecule has 1 aliphatic rings. The van der Waals surface area contributed by atoms with Crippen LogP contribution < -0.4 is 9.54 Å². The molecule has 0 atom stereocenters. The molecule has 33 heavy (non-hydrogen) atoms. The third kappa shape index (κ3) is 6.87. The van der Waals surface area contributed by atoms with E-state index in [4.69, 9.17) is 9.47 Å². The van der Waals surface area contributed by atoms with Gasteiger partial charge in [-0.1, -0.05) is 18.3 Å². The number of carbonyl (C=O) groups is 2. The summed E-state index contributed by atoms with van der Waals surface area (Å²) < 4.78 is 38.5. The van der Waals surface area contributed by atoms with E-state index in [-0.39, 0.29) is 0 Å². The Labute approximate surface area is 197 Å². The Balaban J connectivity index is 1.78. The number of ether oxygens (including phenoxy) is 2. The first-order valence-corrected chi connectivity index (χ1v) is 13.7. The summed E-state index contributed by atoms with van der Waals surface area (Å²) in [6.45, 7) is 6.57. The first kappa shape index (κ1) is 25.4. The Morgan fingerprint density at radius 1 is 1.21 bits per heavy atom. The van der Waals surface area contributed by atoms with Crippen molar-refractivity contribution in [3.63, 3.8) is 0 Å². The van der Waals surface area contributed by atoms with Crippen molar-refractivity contribution in [2.24, 2.45) is 10.9 Å². The van der Waals surface area contributed by atoms with Crippen LogP contribution in [0.3, 0.4) is 0 Å². The van der Waals surface area contributed by atoms with Crippen LogP contribution in [0.2, 0.25) is 0 Å². The van der Waals surface area contributed by atoms with Gasteiger partial charge in [-0.15, -0.1) is 0 Å². The van der Waals surface area contributed by atoms with Gasteiger partial charge in [0.2, 0.25) is 5.91 Å². The van der Waals surface area contributed by atoms with Gasteiger partial charge in [-0.3, -0.25) is 9.59 Å².